The molecular formula is C5H9F3S. The highest BCUT2D eigenvalue weighted by Gasteiger charge is 2.35. The summed E-state index contributed by atoms with van der Waals surface area (Å²) >= 11 is 3.37. The van der Waals surface area contributed by atoms with Crippen LogP contribution < -0.4 is 0 Å². The maximum absolute atomic E-state index is 11.6. The second-order valence-corrected chi connectivity index (χ2v) is 2.47. The molecule has 56 valence electrons. The first-order chi connectivity index (χ1) is 3.98. The van der Waals surface area contributed by atoms with Gasteiger partial charge in [0.2, 0.25) is 0 Å². The molecule has 0 radical (unpaired) electrons. The summed E-state index contributed by atoms with van der Waals surface area (Å²) in [6.07, 6.45) is -3.50. The van der Waals surface area contributed by atoms with Gasteiger partial charge in [0.15, 0.2) is 0 Å². The van der Waals surface area contributed by atoms with Crippen LogP contribution in [-0.4, -0.2) is 11.4 Å². The lowest BCUT2D eigenvalue weighted by Crippen LogP contribution is -2.22. The van der Waals surface area contributed by atoms with E-state index in [1.807, 2.05) is 0 Å². The van der Waals surface area contributed by atoms with Crippen LogP contribution in [0.5, 0.6) is 0 Å². The van der Waals surface area contributed by atoms with Crippen LogP contribution in [0.1, 0.15) is 19.8 Å². The zero-order valence-electron chi connectivity index (χ0n) is 5.07. The van der Waals surface area contributed by atoms with Crippen LogP contribution in [0, 0.1) is 0 Å². The first kappa shape index (κ1) is 9.14. The molecule has 0 aromatic carbocycles. The predicted octanol–water partition coefficient (Wildman–Crippen LogP) is 2.65. The zero-order chi connectivity index (χ0) is 7.49. The van der Waals surface area contributed by atoms with Crippen molar-refractivity contribution >= 4 is 12.6 Å². The average molecular weight is 158 g/mol. The molecule has 4 heteroatoms. The first-order valence-corrected chi connectivity index (χ1v) is 3.25. The topological polar surface area (TPSA) is 0 Å². The molecule has 0 aliphatic heterocycles. The van der Waals surface area contributed by atoms with Crippen LogP contribution >= 0.6 is 12.6 Å². The molecule has 0 spiro atoms. The lowest BCUT2D eigenvalue weighted by molar-refractivity contribution is -0.129. The Morgan fingerprint density at radius 1 is 1.44 bits per heavy atom. The molecule has 0 aliphatic carbocycles. The fourth-order valence-electron chi connectivity index (χ4n) is 0.437. The van der Waals surface area contributed by atoms with Crippen molar-refractivity contribution in [2.45, 2.75) is 31.2 Å². The number of hydrogen-bond donors (Lipinski definition) is 1. The van der Waals surface area contributed by atoms with E-state index in [1.54, 1.807) is 6.92 Å². The molecule has 0 saturated heterocycles. The summed E-state index contributed by atoms with van der Waals surface area (Å²) in [5.74, 6) is 0. The highest BCUT2D eigenvalue weighted by Crippen LogP contribution is 2.27. The summed E-state index contributed by atoms with van der Waals surface area (Å²) in [7, 11) is 0. The quantitative estimate of drug-likeness (QED) is 0.587. The second kappa shape index (κ2) is 3.34. The molecule has 0 aliphatic rings. The standard InChI is InChI=1S/C5H9F3S/c1-2-3-4(9)5(6,7)8/h4,9H,2-3H2,1H3. The molecule has 9 heavy (non-hydrogen) atoms. The predicted molar refractivity (Wildman–Crippen MR) is 33.7 cm³/mol. The molecular weight excluding hydrogens is 149 g/mol. The highest BCUT2D eigenvalue weighted by atomic mass is 32.1. The monoisotopic (exact) mass is 158 g/mol. The molecule has 1 atom stereocenters. The molecule has 0 heterocycles. The van der Waals surface area contributed by atoms with Gasteiger partial charge >= 0.3 is 6.18 Å². The van der Waals surface area contributed by atoms with E-state index in [2.05, 4.69) is 12.6 Å². The van der Waals surface area contributed by atoms with E-state index in [-0.39, 0.29) is 6.42 Å². The number of rotatable bonds is 2. The molecule has 0 amide bonds. The highest BCUT2D eigenvalue weighted by molar-refractivity contribution is 7.81. The van der Waals surface area contributed by atoms with Gasteiger partial charge in [-0.3, -0.25) is 0 Å². The van der Waals surface area contributed by atoms with Crippen molar-refractivity contribution in [3.8, 4) is 0 Å². The van der Waals surface area contributed by atoms with Crippen molar-refractivity contribution in [1.29, 1.82) is 0 Å². The van der Waals surface area contributed by atoms with Gasteiger partial charge in [-0.05, 0) is 6.42 Å². The van der Waals surface area contributed by atoms with Crippen LogP contribution in [0.25, 0.3) is 0 Å². The zero-order valence-corrected chi connectivity index (χ0v) is 5.97. The van der Waals surface area contributed by atoms with Crippen LogP contribution in [0.4, 0.5) is 13.2 Å². The molecule has 0 aromatic rings. The van der Waals surface area contributed by atoms with E-state index >= 15 is 0 Å². The number of hydrogen-bond acceptors (Lipinski definition) is 1. The Morgan fingerprint density at radius 2 is 1.89 bits per heavy atom. The van der Waals surface area contributed by atoms with E-state index in [9.17, 15) is 13.2 Å². The third kappa shape index (κ3) is 3.67. The van der Waals surface area contributed by atoms with Crippen molar-refractivity contribution in [3.05, 3.63) is 0 Å². The van der Waals surface area contributed by atoms with Crippen molar-refractivity contribution in [3.63, 3.8) is 0 Å². The molecule has 0 N–H and O–H groups in total. The lowest BCUT2D eigenvalue weighted by atomic mass is 10.2. The van der Waals surface area contributed by atoms with Crippen LogP contribution in [0.15, 0.2) is 0 Å². The first-order valence-electron chi connectivity index (χ1n) is 2.73. The third-order valence-corrected chi connectivity index (χ3v) is 1.49. The van der Waals surface area contributed by atoms with E-state index in [1.165, 1.54) is 0 Å². The number of alkyl halides is 3. The Labute approximate surface area is 57.9 Å². The summed E-state index contributed by atoms with van der Waals surface area (Å²) < 4.78 is 34.7. The van der Waals surface area contributed by atoms with E-state index in [0.29, 0.717) is 6.42 Å². The van der Waals surface area contributed by atoms with Gasteiger partial charge in [0.05, 0.1) is 5.25 Å². The van der Waals surface area contributed by atoms with Gasteiger partial charge in [0.25, 0.3) is 0 Å². The minimum Gasteiger partial charge on any atom is -0.170 e. The Bertz CT molecular complexity index is 78.8. The molecule has 0 saturated carbocycles. The SMILES string of the molecule is CCCC(S)C(F)(F)F. The Kier molecular flexibility index (Phi) is 3.40. The van der Waals surface area contributed by atoms with Gasteiger partial charge in [0, 0.05) is 0 Å². The summed E-state index contributed by atoms with van der Waals surface area (Å²) in [6, 6.07) is 0. The summed E-state index contributed by atoms with van der Waals surface area (Å²) in [5, 5.41) is -1.44. The maximum atomic E-state index is 11.6. The van der Waals surface area contributed by atoms with Gasteiger partial charge in [-0.2, -0.15) is 25.8 Å². The van der Waals surface area contributed by atoms with E-state index in [0.717, 1.165) is 0 Å². The van der Waals surface area contributed by atoms with E-state index in [4.69, 9.17) is 0 Å². The third-order valence-electron chi connectivity index (χ3n) is 0.940. The van der Waals surface area contributed by atoms with Gasteiger partial charge in [-0.25, -0.2) is 0 Å². The van der Waals surface area contributed by atoms with Crippen LogP contribution in [-0.2, 0) is 0 Å². The van der Waals surface area contributed by atoms with Gasteiger partial charge < -0.3 is 0 Å². The second-order valence-electron chi connectivity index (χ2n) is 1.85. The Hall–Kier alpha value is 0.140. The fraction of sp³-hybridized carbons (Fsp3) is 1.00. The van der Waals surface area contributed by atoms with Crippen LogP contribution in [0.3, 0.4) is 0 Å². The van der Waals surface area contributed by atoms with Crippen molar-refractivity contribution in [1.82, 2.24) is 0 Å². The Balaban J connectivity index is 3.59. The van der Waals surface area contributed by atoms with Crippen molar-refractivity contribution in [2.75, 3.05) is 0 Å². The molecule has 0 rings (SSSR count). The molecule has 0 bridgehead atoms. The van der Waals surface area contributed by atoms with Gasteiger partial charge in [-0.15, -0.1) is 0 Å². The molecule has 0 nitrogen and oxygen atoms in total. The smallest absolute Gasteiger partial charge is 0.170 e. The lowest BCUT2D eigenvalue weighted by Gasteiger charge is -2.12. The molecule has 0 fully saturated rings. The van der Waals surface area contributed by atoms with Gasteiger partial charge in [-0.1, -0.05) is 13.3 Å². The average Bonchev–Trinajstić information content (AvgIpc) is 1.64. The largest absolute Gasteiger partial charge is 0.400 e. The fourth-order valence-corrected chi connectivity index (χ4v) is 0.695. The minimum atomic E-state index is -4.13. The summed E-state index contributed by atoms with van der Waals surface area (Å²) in [4.78, 5) is 0. The van der Waals surface area contributed by atoms with E-state index < -0.39 is 11.4 Å². The Morgan fingerprint density at radius 3 is 2.00 bits per heavy atom. The number of halogens is 3. The summed E-state index contributed by atoms with van der Waals surface area (Å²) in [6.45, 7) is 1.70. The van der Waals surface area contributed by atoms with Crippen molar-refractivity contribution < 1.29 is 13.2 Å². The van der Waals surface area contributed by atoms with Crippen LogP contribution in [0.2, 0.25) is 0 Å². The molecule has 0 aromatic heterocycles. The van der Waals surface area contributed by atoms with Crippen molar-refractivity contribution in [2.24, 2.45) is 0 Å². The summed E-state index contributed by atoms with van der Waals surface area (Å²) in [5.41, 5.74) is 0. The normalized spacial score (nSPS) is 15.7. The molecule has 1 unspecified atom stereocenters. The number of thiol groups is 1. The minimum absolute atomic E-state index is 0.104. The maximum Gasteiger partial charge on any atom is 0.400 e. The van der Waals surface area contributed by atoms with Gasteiger partial charge in [0.1, 0.15) is 0 Å².